The number of anilines is 2. The van der Waals surface area contributed by atoms with Gasteiger partial charge in [0.2, 0.25) is 0 Å². The molecular weight excluding hydrogens is 919 g/mol. The first kappa shape index (κ1) is 51.8. The van der Waals surface area contributed by atoms with Gasteiger partial charge in [0.05, 0.1) is 82.2 Å². The van der Waals surface area contributed by atoms with E-state index in [0.29, 0.717) is 60.8 Å². The molecule has 2 unspecified atom stereocenters. The molecule has 0 radical (unpaired) electrons. The van der Waals surface area contributed by atoms with E-state index in [4.69, 9.17) is 9.47 Å². The Morgan fingerprint density at radius 2 is 0.900 bits per heavy atom. The van der Waals surface area contributed by atoms with Gasteiger partial charge < -0.3 is 19.3 Å². The Balaban J connectivity index is 1.22. The number of ether oxygens (including phenoxy) is 2. The number of carbonyl (C=O) groups excluding carboxylic acids is 4. The minimum Gasteiger partial charge on any atom is -0.463 e. The van der Waals surface area contributed by atoms with Crippen LogP contribution in [-0.2, 0) is 31.4 Å². The first-order valence-electron chi connectivity index (χ1n) is 22.7. The smallest absolute Gasteiger partial charge is 0.416 e. The van der Waals surface area contributed by atoms with E-state index in [2.05, 4.69) is 0 Å². The number of esters is 2. The molecule has 4 aromatic rings. The van der Waals surface area contributed by atoms with Crippen molar-refractivity contribution in [1.29, 1.82) is 10.5 Å². The number of nitriles is 2. The lowest BCUT2D eigenvalue weighted by Crippen LogP contribution is -2.51. The molecule has 0 fully saturated rings. The number of alkyl halides is 6. The SMILES string of the molecule is CCOC(=O)C1=C(C)N(c2cccc(C(F)(F)F)c2)C(=O)N(CCCCCCCCN2C(=O)N(c3cccc(C(F)(F)F)c3)C(C)=C(C(=O)OCC)C2c2ccc(C#N)cc2)C1c1ccc(C#N)cc1. The fraction of sp³-hybridized carbons (Fsp3) is 0.346. The van der Waals surface area contributed by atoms with Gasteiger partial charge in [-0.3, -0.25) is 9.80 Å². The average molecular weight is 969 g/mol. The van der Waals surface area contributed by atoms with Crippen LogP contribution in [0.1, 0.15) is 112 Å². The summed E-state index contributed by atoms with van der Waals surface area (Å²) in [6, 6.07) is 21.8. The molecule has 0 N–H and O–H groups in total. The van der Waals surface area contributed by atoms with E-state index < -0.39 is 59.6 Å². The normalized spacial score (nSPS) is 16.6. The predicted octanol–water partition coefficient (Wildman–Crippen LogP) is 12.1. The van der Waals surface area contributed by atoms with E-state index in [1.165, 1.54) is 72.2 Å². The molecule has 70 heavy (non-hydrogen) atoms. The molecule has 4 aromatic carbocycles. The summed E-state index contributed by atoms with van der Waals surface area (Å²) in [6.45, 7) is 6.24. The molecule has 366 valence electrons. The van der Waals surface area contributed by atoms with Crippen LogP contribution < -0.4 is 9.80 Å². The zero-order valence-electron chi connectivity index (χ0n) is 38.9. The highest BCUT2D eigenvalue weighted by Crippen LogP contribution is 2.44. The Kier molecular flexibility index (Phi) is 16.4. The van der Waals surface area contributed by atoms with Gasteiger partial charge >= 0.3 is 36.4 Å². The average Bonchev–Trinajstić information content (AvgIpc) is 3.33. The van der Waals surface area contributed by atoms with Crippen LogP contribution >= 0.6 is 0 Å². The van der Waals surface area contributed by atoms with Gasteiger partial charge in [0, 0.05) is 24.5 Å². The molecule has 2 aliphatic heterocycles. The molecule has 18 heteroatoms. The number of hydrogen-bond acceptors (Lipinski definition) is 8. The Labute approximate surface area is 401 Å². The first-order chi connectivity index (χ1) is 33.4. The molecule has 2 heterocycles. The highest BCUT2D eigenvalue weighted by Gasteiger charge is 2.45. The zero-order valence-corrected chi connectivity index (χ0v) is 38.9. The molecule has 6 rings (SSSR count). The number of benzene rings is 4. The van der Waals surface area contributed by atoms with Crippen LogP contribution in [0, 0.1) is 22.7 Å². The van der Waals surface area contributed by atoms with Crippen LogP contribution in [-0.4, -0.2) is 60.1 Å². The number of nitrogens with zero attached hydrogens (tertiary/aromatic N) is 6. The summed E-state index contributed by atoms with van der Waals surface area (Å²) in [4.78, 5) is 61.6. The number of halogens is 6. The molecule has 0 bridgehead atoms. The molecule has 2 aliphatic rings. The monoisotopic (exact) mass is 968 g/mol. The molecule has 0 aliphatic carbocycles. The summed E-state index contributed by atoms with van der Waals surface area (Å²) in [5.74, 6) is -1.54. The van der Waals surface area contributed by atoms with Gasteiger partial charge in [-0.05, 0) is 112 Å². The lowest BCUT2D eigenvalue weighted by atomic mass is 9.91. The summed E-state index contributed by atoms with van der Waals surface area (Å²) < 4.78 is 94.3. The highest BCUT2D eigenvalue weighted by molar-refractivity contribution is 6.04. The van der Waals surface area contributed by atoms with Crippen molar-refractivity contribution in [2.75, 3.05) is 36.1 Å². The van der Waals surface area contributed by atoms with Crippen molar-refractivity contribution in [3.63, 3.8) is 0 Å². The van der Waals surface area contributed by atoms with Gasteiger partial charge in [-0.25, -0.2) is 19.2 Å². The molecule has 0 saturated heterocycles. The Bertz CT molecular complexity index is 2550. The fourth-order valence-electron chi connectivity index (χ4n) is 8.79. The lowest BCUT2D eigenvalue weighted by molar-refractivity contribution is -0.140. The largest absolute Gasteiger partial charge is 0.463 e. The summed E-state index contributed by atoms with van der Waals surface area (Å²) in [7, 11) is 0. The second-order valence-electron chi connectivity index (χ2n) is 16.6. The van der Waals surface area contributed by atoms with Crippen molar-refractivity contribution in [2.45, 2.75) is 90.7 Å². The van der Waals surface area contributed by atoms with E-state index in [1.807, 2.05) is 12.1 Å². The van der Waals surface area contributed by atoms with Crippen LogP contribution in [0.5, 0.6) is 0 Å². The second kappa shape index (κ2) is 22.2. The Morgan fingerprint density at radius 3 is 1.21 bits per heavy atom. The molecule has 2 atom stereocenters. The number of carbonyl (C=O) groups is 4. The Morgan fingerprint density at radius 1 is 0.557 bits per heavy atom. The number of hydrogen-bond donors (Lipinski definition) is 0. The van der Waals surface area contributed by atoms with E-state index in [1.54, 1.807) is 38.1 Å². The molecule has 12 nitrogen and oxygen atoms in total. The van der Waals surface area contributed by atoms with E-state index in [-0.39, 0.29) is 60.2 Å². The van der Waals surface area contributed by atoms with Gasteiger partial charge in [0.1, 0.15) is 0 Å². The molecule has 4 amide bonds. The van der Waals surface area contributed by atoms with Crippen molar-refractivity contribution >= 4 is 35.4 Å². The molecule has 0 saturated carbocycles. The van der Waals surface area contributed by atoms with Gasteiger partial charge in [-0.15, -0.1) is 0 Å². The minimum absolute atomic E-state index is 0.0216. The summed E-state index contributed by atoms with van der Waals surface area (Å²) >= 11 is 0. The molecule has 0 aromatic heterocycles. The number of allylic oxidation sites excluding steroid dienone is 2. The maximum absolute atomic E-state index is 14.6. The summed E-state index contributed by atoms with van der Waals surface area (Å²) in [5.41, 5.74) is -0.320. The summed E-state index contributed by atoms with van der Waals surface area (Å²) in [6.07, 6.45) is -6.28. The molecular formula is C52H50F6N6O6. The third kappa shape index (κ3) is 11.3. The van der Waals surface area contributed by atoms with Gasteiger partial charge in [0.15, 0.2) is 0 Å². The fourth-order valence-corrected chi connectivity index (χ4v) is 8.79. The summed E-state index contributed by atoms with van der Waals surface area (Å²) in [5, 5.41) is 19.0. The topological polar surface area (TPSA) is 147 Å². The van der Waals surface area contributed by atoms with Crippen LogP contribution in [0.3, 0.4) is 0 Å². The molecule has 0 spiro atoms. The number of rotatable bonds is 17. The Hall–Kier alpha value is -7.60. The minimum atomic E-state index is -4.72. The van der Waals surface area contributed by atoms with Gasteiger partial charge in [-0.2, -0.15) is 36.9 Å². The maximum atomic E-state index is 14.6. The van der Waals surface area contributed by atoms with Gasteiger partial charge in [0.25, 0.3) is 0 Å². The highest BCUT2D eigenvalue weighted by atomic mass is 19.4. The van der Waals surface area contributed by atoms with Crippen molar-refractivity contribution in [2.24, 2.45) is 0 Å². The number of amides is 4. The number of urea groups is 2. The van der Waals surface area contributed by atoms with E-state index in [0.717, 1.165) is 34.1 Å². The first-order valence-corrected chi connectivity index (χ1v) is 22.7. The van der Waals surface area contributed by atoms with E-state index in [9.17, 15) is 56.0 Å². The standard InChI is InChI=1S/C52H50F6N6O6/c1-5-69-47(65)43-33(3)63(41-17-13-15-39(29-41)51(53,54)55)49(67)61(45(43)37-23-19-35(31-59)20-24-37)27-11-9-7-8-10-12-28-62-46(38-25-21-36(32-60)22-26-38)44(48(66)70-6-2)34(4)64(50(62)68)42-18-14-16-40(30-42)52(56,57)58/h13-26,29-30,45-46H,5-12,27-28H2,1-4H3. The third-order valence-corrected chi connectivity index (χ3v) is 12.1. The second-order valence-corrected chi connectivity index (χ2v) is 16.6. The van der Waals surface area contributed by atoms with Crippen molar-refractivity contribution in [3.05, 3.63) is 153 Å². The van der Waals surface area contributed by atoms with Gasteiger partial charge in [-0.1, -0.05) is 62.1 Å². The zero-order chi connectivity index (χ0) is 50.9. The van der Waals surface area contributed by atoms with Crippen molar-refractivity contribution < 1.29 is 55.0 Å². The predicted molar refractivity (Wildman–Crippen MR) is 246 cm³/mol. The van der Waals surface area contributed by atoms with Crippen molar-refractivity contribution in [3.8, 4) is 12.1 Å². The van der Waals surface area contributed by atoms with E-state index >= 15 is 0 Å². The van der Waals surface area contributed by atoms with Crippen LogP contribution in [0.25, 0.3) is 0 Å². The number of unbranched alkanes of at least 4 members (excludes halogenated alkanes) is 5. The van der Waals surface area contributed by atoms with Crippen molar-refractivity contribution in [1.82, 2.24) is 9.80 Å². The van der Waals surface area contributed by atoms with Crippen LogP contribution in [0.2, 0.25) is 0 Å². The third-order valence-electron chi connectivity index (χ3n) is 12.1. The quantitative estimate of drug-likeness (QED) is 0.0577. The maximum Gasteiger partial charge on any atom is 0.416 e. The van der Waals surface area contributed by atoms with Crippen LogP contribution in [0.15, 0.2) is 120 Å². The lowest BCUT2D eigenvalue weighted by Gasteiger charge is -2.43. The van der Waals surface area contributed by atoms with Crippen LogP contribution in [0.4, 0.5) is 47.3 Å².